The average molecular weight is 437 g/mol. The highest BCUT2D eigenvalue weighted by molar-refractivity contribution is 5.86. The van der Waals surface area contributed by atoms with Gasteiger partial charge in [-0.2, -0.15) is 5.10 Å². The van der Waals surface area contributed by atoms with Crippen molar-refractivity contribution in [3.8, 4) is 17.2 Å². The zero-order valence-corrected chi connectivity index (χ0v) is 17.9. The highest BCUT2D eigenvalue weighted by Gasteiger charge is 2.32. The third kappa shape index (κ3) is 4.99. The quantitative estimate of drug-likeness (QED) is 0.251. The van der Waals surface area contributed by atoms with Crippen molar-refractivity contribution in [1.29, 1.82) is 0 Å². The Morgan fingerprint density at radius 3 is 2.67 bits per heavy atom. The first-order valence-corrected chi connectivity index (χ1v) is 9.04. The number of likely N-dealkylation sites (N-methyl/N-ethyl adjacent to an activating group) is 1. The smallest absolute Gasteiger partial charge is 0.295 e. The molecule has 0 saturated heterocycles. The molecule has 4 N–H and O–H groups in total. The van der Waals surface area contributed by atoms with Crippen molar-refractivity contribution in [2.75, 3.05) is 27.7 Å². The molecule has 1 aliphatic rings. The number of nitrogens with one attached hydrogen (secondary N) is 1. The first-order chi connectivity index (χ1) is 13.6. The molecular weight excluding hydrogens is 412 g/mol. The molecule has 2 aromatic rings. The van der Waals surface area contributed by atoms with Gasteiger partial charge in [-0.15, -0.1) is 0 Å². The summed E-state index contributed by atoms with van der Waals surface area (Å²) in [5.41, 5.74) is 4.79. The fourth-order valence-electron chi connectivity index (χ4n) is 3.13. The molecule has 1 atom stereocenters. The molecule has 0 saturated carbocycles. The Hall–Kier alpha value is -2.88. The first-order valence-electron chi connectivity index (χ1n) is 9.04. The molecule has 0 fully saturated rings. The number of carbonyl (C=O) groups excluding carboxylic acids is 1. The number of ether oxygens (including phenoxy) is 1. The predicted octanol–water partition coefficient (Wildman–Crippen LogP) is -1.71. The minimum Gasteiger partial charge on any atom is -1.00 e. The summed E-state index contributed by atoms with van der Waals surface area (Å²) in [6.07, 6.45) is 2.21. The van der Waals surface area contributed by atoms with Crippen LogP contribution in [0.4, 0.5) is 0 Å². The van der Waals surface area contributed by atoms with Crippen LogP contribution in [-0.4, -0.2) is 64.6 Å². The molecular formula is C20H25ClN4O5. The van der Waals surface area contributed by atoms with Crippen LogP contribution in [-0.2, 0) is 16.1 Å². The first kappa shape index (κ1) is 23.4. The number of phenols is 2. The molecule has 30 heavy (non-hydrogen) atoms. The number of aromatic hydroxyl groups is 3. The van der Waals surface area contributed by atoms with E-state index in [1.807, 2.05) is 21.1 Å². The molecule has 0 spiro atoms. The number of quaternary nitrogens is 1. The maximum absolute atomic E-state index is 11.9. The summed E-state index contributed by atoms with van der Waals surface area (Å²) in [5, 5.41) is 34.8. The average Bonchev–Trinajstić information content (AvgIpc) is 3.03. The van der Waals surface area contributed by atoms with Gasteiger partial charge in [0.1, 0.15) is 23.4 Å². The Bertz CT molecular complexity index is 988. The van der Waals surface area contributed by atoms with Gasteiger partial charge in [-0.3, -0.25) is 9.78 Å². The number of aromatic nitrogens is 1. The van der Waals surface area contributed by atoms with Crippen LogP contribution in [0.3, 0.4) is 0 Å². The largest absolute Gasteiger partial charge is 1.00 e. The number of rotatable bonds is 5. The van der Waals surface area contributed by atoms with Crippen LogP contribution >= 0.6 is 0 Å². The number of hydrogen-bond donors (Lipinski definition) is 4. The number of pyridine rings is 1. The zero-order chi connectivity index (χ0) is 21.3. The minimum absolute atomic E-state index is 0. The van der Waals surface area contributed by atoms with Gasteiger partial charge in [-0.25, -0.2) is 5.43 Å². The number of aryl methyl sites for hydroxylation is 1. The molecule has 1 aromatic carbocycles. The second kappa shape index (κ2) is 8.86. The minimum atomic E-state index is -0.716. The Labute approximate surface area is 180 Å². The van der Waals surface area contributed by atoms with Crippen LogP contribution in [0.1, 0.15) is 34.1 Å². The number of nitrogens with zero attached hydrogens (tertiary/aromatic N) is 3. The van der Waals surface area contributed by atoms with E-state index >= 15 is 0 Å². The lowest BCUT2D eigenvalue weighted by atomic mass is 9.96. The summed E-state index contributed by atoms with van der Waals surface area (Å²) in [6, 6.07) is 2.69. The van der Waals surface area contributed by atoms with Gasteiger partial charge in [-0.05, 0) is 13.0 Å². The van der Waals surface area contributed by atoms with Gasteiger partial charge in [0.15, 0.2) is 6.54 Å². The van der Waals surface area contributed by atoms with E-state index in [9.17, 15) is 20.1 Å². The summed E-state index contributed by atoms with van der Waals surface area (Å²) in [4.78, 5) is 16.0. The Kier molecular flexibility index (Phi) is 6.91. The number of amides is 1. The lowest BCUT2D eigenvalue weighted by Gasteiger charge is -2.22. The van der Waals surface area contributed by atoms with E-state index in [1.54, 1.807) is 13.1 Å². The van der Waals surface area contributed by atoms with Crippen molar-refractivity contribution in [3.63, 3.8) is 0 Å². The van der Waals surface area contributed by atoms with E-state index in [-0.39, 0.29) is 54.3 Å². The summed E-state index contributed by atoms with van der Waals surface area (Å²) >= 11 is 0. The molecule has 9 nitrogen and oxygen atoms in total. The van der Waals surface area contributed by atoms with E-state index in [1.165, 1.54) is 18.3 Å². The number of halogens is 1. The number of hydrogen-bond acceptors (Lipinski definition) is 7. The van der Waals surface area contributed by atoms with Crippen LogP contribution < -0.4 is 17.8 Å². The van der Waals surface area contributed by atoms with Crippen molar-refractivity contribution < 1.29 is 41.7 Å². The maximum atomic E-state index is 11.9. The topological polar surface area (TPSA) is 124 Å². The molecule has 0 radical (unpaired) electrons. The van der Waals surface area contributed by atoms with Gasteiger partial charge in [0.2, 0.25) is 0 Å². The normalized spacial score (nSPS) is 15.7. The summed E-state index contributed by atoms with van der Waals surface area (Å²) in [7, 11) is 5.65. The van der Waals surface area contributed by atoms with Gasteiger partial charge in [0.05, 0.1) is 39.7 Å². The molecule has 1 unspecified atom stereocenters. The van der Waals surface area contributed by atoms with Crippen LogP contribution in [0.5, 0.6) is 17.2 Å². The molecule has 1 aliphatic heterocycles. The van der Waals surface area contributed by atoms with Crippen molar-refractivity contribution in [2.45, 2.75) is 19.6 Å². The highest BCUT2D eigenvalue weighted by Crippen LogP contribution is 2.45. The van der Waals surface area contributed by atoms with Gasteiger partial charge >= 0.3 is 0 Å². The van der Waals surface area contributed by atoms with E-state index in [0.717, 1.165) is 5.56 Å². The van der Waals surface area contributed by atoms with Crippen molar-refractivity contribution >= 4 is 12.1 Å². The molecule has 3 rings (SSSR count). The third-order valence-electron chi connectivity index (χ3n) is 4.49. The van der Waals surface area contributed by atoms with Gasteiger partial charge in [-0.1, -0.05) is 0 Å². The van der Waals surface area contributed by atoms with Crippen molar-refractivity contribution in [2.24, 2.45) is 5.10 Å². The van der Waals surface area contributed by atoms with E-state index in [0.29, 0.717) is 21.3 Å². The van der Waals surface area contributed by atoms with Crippen LogP contribution in [0.2, 0.25) is 0 Å². The van der Waals surface area contributed by atoms with E-state index in [2.05, 4.69) is 15.5 Å². The fourth-order valence-corrected chi connectivity index (χ4v) is 3.13. The predicted molar refractivity (Wildman–Crippen MR) is 106 cm³/mol. The second-order valence-corrected chi connectivity index (χ2v) is 8.03. The number of fused-ring (bicyclic) bond motifs is 1. The third-order valence-corrected chi connectivity index (χ3v) is 4.49. The standard InChI is InChI=1S/C20H24N4O5.ClH/c1-11-19(28)18-13(7-21-11)10-29-20(18)14-5-12(15(25)6-16(14)26)8-22-23-17(27)9-24(2,3)4;/h5-8,20H,9-10H2,1-4H3,(H3-,22,23,25,26,27,28);1H. The molecule has 162 valence electrons. The van der Waals surface area contributed by atoms with Crippen molar-refractivity contribution in [3.05, 3.63) is 46.3 Å². The van der Waals surface area contributed by atoms with Crippen LogP contribution in [0.25, 0.3) is 0 Å². The monoisotopic (exact) mass is 436 g/mol. The summed E-state index contributed by atoms with van der Waals surface area (Å²) < 4.78 is 6.21. The maximum Gasteiger partial charge on any atom is 0.295 e. The summed E-state index contributed by atoms with van der Waals surface area (Å²) in [5.74, 6) is -0.641. The van der Waals surface area contributed by atoms with Crippen LogP contribution in [0.15, 0.2) is 23.4 Å². The van der Waals surface area contributed by atoms with Crippen LogP contribution in [0, 0.1) is 6.92 Å². The molecule has 1 amide bonds. The Balaban J connectivity index is 0.00000320. The molecule has 0 aliphatic carbocycles. The fraction of sp³-hybridized carbons (Fsp3) is 0.350. The Morgan fingerprint density at radius 2 is 2.00 bits per heavy atom. The second-order valence-electron chi connectivity index (χ2n) is 8.03. The molecule has 1 aromatic heterocycles. The number of phenolic OH excluding ortho intramolecular Hbond substituents is 2. The number of benzene rings is 1. The zero-order valence-electron chi connectivity index (χ0n) is 17.2. The Morgan fingerprint density at radius 1 is 1.30 bits per heavy atom. The molecule has 2 heterocycles. The molecule has 10 heteroatoms. The highest BCUT2D eigenvalue weighted by atomic mass is 35.5. The van der Waals surface area contributed by atoms with E-state index < -0.39 is 6.10 Å². The van der Waals surface area contributed by atoms with Crippen molar-refractivity contribution in [1.82, 2.24) is 10.4 Å². The number of carbonyl (C=O) groups is 1. The van der Waals surface area contributed by atoms with Gasteiger partial charge in [0.25, 0.3) is 5.91 Å². The van der Waals surface area contributed by atoms with E-state index in [4.69, 9.17) is 4.74 Å². The van der Waals surface area contributed by atoms with Gasteiger partial charge < -0.3 is 36.9 Å². The molecule has 0 bridgehead atoms. The SMILES string of the molecule is Cc1ncc2c(c1O)C(c1cc(/C=N/NC(=O)C[N+](C)(C)C)c(O)cc1O)OC2.[Cl-]. The number of hydrazone groups is 1. The van der Waals surface area contributed by atoms with Gasteiger partial charge in [0, 0.05) is 34.5 Å². The summed E-state index contributed by atoms with van der Waals surface area (Å²) in [6.45, 7) is 2.16. The lowest BCUT2D eigenvalue weighted by Crippen LogP contribution is -3.00. The lowest BCUT2D eigenvalue weighted by molar-refractivity contribution is -0.862.